The van der Waals surface area contributed by atoms with Crippen LogP contribution in [0.1, 0.15) is 58.8 Å². The Hall–Kier alpha value is -1.22. The van der Waals surface area contributed by atoms with Gasteiger partial charge < -0.3 is 29.9 Å². The molecule has 0 saturated carbocycles. The minimum Gasteiger partial charge on any atom is -0.466 e. The Morgan fingerprint density at radius 1 is 0.885 bits per heavy atom. The first-order chi connectivity index (χ1) is 12.2. The van der Waals surface area contributed by atoms with Crippen molar-refractivity contribution in [1.82, 2.24) is 0 Å². The SMILES string of the molecule is CC(CCO)CCOC(=O)CCCC(O)(O)C(=O)OCCC(C)CCO. The number of carbonyl (C=O) groups excluding carboxylic acids is 2. The van der Waals surface area contributed by atoms with Gasteiger partial charge in [-0.15, -0.1) is 0 Å². The van der Waals surface area contributed by atoms with E-state index in [1.165, 1.54) is 0 Å². The maximum Gasteiger partial charge on any atom is 0.366 e. The van der Waals surface area contributed by atoms with Crippen LogP contribution in [0.3, 0.4) is 0 Å². The van der Waals surface area contributed by atoms with Gasteiger partial charge in [-0.3, -0.25) is 4.79 Å². The Balaban J connectivity index is 3.93. The summed E-state index contributed by atoms with van der Waals surface area (Å²) in [5.74, 6) is -3.82. The monoisotopic (exact) mass is 378 g/mol. The third-order valence-corrected chi connectivity index (χ3v) is 4.19. The van der Waals surface area contributed by atoms with Crippen LogP contribution in [0.2, 0.25) is 0 Å². The number of rotatable bonds is 15. The molecule has 0 rings (SSSR count). The Morgan fingerprint density at radius 2 is 1.38 bits per heavy atom. The third kappa shape index (κ3) is 12.2. The van der Waals surface area contributed by atoms with Crippen LogP contribution in [-0.4, -0.2) is 64.6 Å². The average molecular weight is 378 g/mol. The molecule has 0 heterocycles. The van der Waals surface area contributed by atoms with Gasteiger partial charge in [0.05, 0.1) is 13.2 Å². The second-order valence-corrected chi connectivity index (χ2v) is 6.84. The number of ether oxygens (including phenoxy) is 2. The standard InChI is InChI=1S/C18H34O8/c1-14(5-10-19)7-12-25-16(21)4-3-9-18(23,24)17(22)26-13-8-15(2)6-11-20/h14-15,19-20,23-24H,3-13H2,1-2H3. The zero-order valence-corrected chi connectivity index (χ0v) is 15.9. The lowest BCUT2D eigenvalue weighted by Crippen LogP contribution is -2.40. The van der Waals surface area contributed by atoms with E-state index in [4.69, 9.17) is 19.7 Å². The summed E-state index contributed by atoms with van der Waals surface area (Å²) in [6.45, 7) is 4.28. The molecule has 26 heavy (non-hydrogen) atoms. The van der Waals surface area contributed by atoms with Gasteiger partial charge in [-0.2, -0.15) is 0 Å². The minimum atomic E-state index is -2.63. The van der Waals surface area contributed by atoms with Gasteiger partial charge in [-0.1, -0.05) is 13.8 Å². The van der Waals surface area contributed by atoms with Crippen LogP contribution in [0, 0.1) is 11.8 Å². The van der Waals surface area contributed by atoms with Gasteiger partial charge in [0.25, 0.3) is 5.79 Å². The minimum absolute atomic E-state index is 0.0297. The van der Waals surface area contributed by atoms with Crippen LogP contribution in [0.15, 0.2) is 0 Å². The highest BCUT2D eigenvalue weighted by atomic mass is 16.6. The number of aliphatic hydroxyl groups is 4. The highest BCUT2D eigenvalue weighted by Crippen LogP contribution is 2.15. The van der Waals surface area contributed by atoms with Crippen molar-refractivity contribution in [2.45, 2.75) is 64.6 Å². The van der Waals surface area contributed by atoms with E-state index in [-0.39, 0.29) is 57.5 Å². The molecule has 0 radical (unpaired) electrons. The second-order valence-electron chi connectivity index (χ2n) is 6.84. The molecule has 8 heteroatoms. The largest absolute Gasteiger partial charge is 0.466 e. The zero-order valence-electron chi connectivity index (χ0n) is 15.9. The van der Waals surface area contributed by atoms with Crippen molar-refractivity contribution in [1.29, 1.82) is 0 Å². The smallest absolute Gasteiger partial charge is 0.366 e. The quantitative estimate of drug-likeness (QED) is 0.242. The molecule has 0 aliphatic carbocycles. The highest BCUT2D eigenvalue weighted by Gasteiger charge is 2.34. The van der Waals surface area contributed by atoms with E-state index in [0.29, 0.717) is 25.7 Å². The van der Waals surface area contributed by atoms with Crippen molar-refractivity contribution >= 4 is 11.9 Å². The maximum atomic E-state index is 11.7. The van der Waals surface area contributed by atoms with Gasteiger partial charge in [0.15, 0.2) is 0 Å². The fourth-order valence-electron chi connectivity index (χ4n) is 2.23. The molecule has 0 amide bonds. The normalized spacial score (nSPS) is 13.9. The van der Waals surface area contributed by atoms with Crippen LogP contribution in [0.5, 0.6) is 0 Å². The van der Waals surface area contributed by atoms with Gasteiger partial charge in [0, 0.05) is 26.1 Å². The van der Waals surface area contributed by atoms with E-state index in [1.54, 1.807) is 0 Å². The summed E-state index contributed by atoms with van der Waals surface area (Å²) in [7, 11) is 0. The number of carbonyl (C=O) groups is 2. The summed E-state index contributed by atoms with van der Waals surface area (Å²) >= 11 is 0. The van der Waals surface area contributed by atoms with E-state index < -0.39 is 17.7 Å². The molecule has 0 aliphatic heterocycles. The number of hydrogen-bond donors (Lipinski definition) is 4. The molecule has 0 aromatic carbocycles. The molecule has 2 unspecified atom stereocenters. The van der Waals surface area contributed by atoms with Crippen molar-refractivity contribution in [3.63, 3.8) is 0 Å². The van der Waals surface area contributed by atoms with Gasteiger partial charge in [-0.05, 0) is 43.9 Å². The summed E-state index contributed by atoms with van der Waals surface area (Å²) in [4.78, 5) is 23.3. The van der Waals surface area contributed by atoms with E-state index >= 15 is 0 Å². The molecule has 8 nitrogen and oxygen atoms in total. The van der Waals surface area contributed by atoms with Crippen LogP contribution < -0.4 is 0 Å². The van der Waals surface area contributed by atoms with E-state index in [2.05, 4.69) is 0 Å². The number of aliphatic hydroxyl groups excluding tert-OH is 2. The molecule has 0 aromatic heterocycles. The molecule has 0 aromatic rings. The van der Waals surface area contributed by atoms with Gasteiger partial charge in [0.2, 0.25) is 0 Å². The molecule has 0 bridgehead atoms. The Labute approximate surface area is 155 Å². The van der Waals surface area contributed by atoms with Crippen molar-refractivity contribution < 1.29 is 39.5 Å². The predicted molar refractivity (Wildman–Crippen MR) is 93.9 cm³/mol. The fraction of sp³-hybridized carbons (Fsp3) is 0.889. The first kappa shape index (κ1) is 24.8. The lowest BCUT2D eigenvalue weighted by Gasteiger charge is -2.20. The molecule has 0 aliphatic rings. The summed E-state index contributed by atoms with van der Waals surface area (Å²) < 4.78 is 9.87. The number of hydrogen-bond acceptors (Lipinski definition) is 8. The lowest BCUT2D eigenvalue weighted by atomic mass is 10.1. The number of esters is 2. The summed E-state index contributed by atoms with van der Waals surface area (Å²) in [5.41, 5.74) is 0. The molecule has 154 valence electrons. The van der Waals surface area contributed by atoms with E-state index in [1.807, 2.05) is 13.8 Å². The Morgan fingerprint density at radius 3 is 1.88 bits per heavy atom. The maximum absolute atomic E-state index is 11.7. The van der Waals surface area contributed by atoms with Crippen LogP contribution in [-0.2, 0) is 19.1 Å². The average Bonchev–Trinajstić information content (AvgIpc) is 2.55. The first-order valence-electron chi connectivity index (χ1n) is 9.22. The highest BCUT2D eigenvalue weighted by molar-refractivity contribution is 5.77. The van der Waals surface area contributed by atoms with Crippen LogP contribution in [0.4, 0.5) is 0 Å². The predicted octanol–water partition coefficient (Wildman–Crippen LogP) is 0.741. The van der Waals surface area contributed by atoms with E-state index in [9.17, 15) is 19.8 Å². The second kappa shape index (κ2) is 13.9. The lowest BCUT2D eigenvalue weighted by molar-refractivity contribution is -0.212. The molecule has 0 saturated heterocycles. The van der Waals surface area contributed by atoms with Crippen molar-refractivity contribution in [3.8, 4) is 0 Å². The summed E-state index contributed by atoms with van der Waals surface area (Å²) in [6, 6.07) is 0. The Bertz CT molecular complexity index is 397. The fourth-order valence-corrected chi connectivity index (χ4v) is 2.23. The molecule has 2 atom stereocenters. The summed E-state index contributed by atoms with van der Waals surface area (Å²) in [6.07, 6.45) is 2.12. The van der Waals surface area contributed by atoms with Crippen LogP contribution >= 0.6 is 0 Å². The summed E-state index contributed by atoms with van der Waals surface area (Å²) in [5, 5.41) is 37.0. The topological polar surface area (TPSA) is 134 Å². The molecule has 0 fully saturated rings. The van der Waals surface area contributed by atoms with Crippen LogP contribution in [0.25, 0.3) is 0 Å². The van der Waals surface area contributed by atoms with Gasteiger partial charge >= 0.3 is 11.9 Å². The molecule has 0 spiro atoms. The molecular formula is C18H34O8. The third-order valence-electron chi connectivity index (χ3n) is 4.19. The first-order valence-corrected chi connectivity index (χ1v) is 9.22. The molecular weight excluding hydrogens is 344 g/mol. The Kier molecular flexibility index (Phi) is 13.3. The molecule has 4 N–H and O–H groups in total. The van der Waals surface area contributed by atoms with Crippen molar-refractivity contribution in [2.24, 2.45) is 11.8 Å². The van der Waals surface area contributed by atoms with Gasteiger partial charge in [-0.25, -0.2) is 4.79 Å². The van der Waals surface area contributed by atoms with Gasteiger partial charge in [0.1, 0.15) is 0 Å². The van der Waals surface area contributed by atoms with Crippen molar-refractivity contribution in [3.05, 3.63) is 0 Å². The van der Waals surface area contributed by atoms with Crippen molar-refractivity contribution in [2.75, 3.05) is 26.4 Å². The zero-order chi connectivity index (χ0) is 20.0. The van der Waals surface area contributed by atoms with E-state index in [0.717, 1.165) is 0 Å².